The quantitative estimate of drug-likeness (QED) is 0.633. The van der Waals surface area contributed by atoms with E-state index in [9.17, 15) is 4.39 Å². The zero-order valence-electron chi connectivity index (χ0n) is 10.5. The number of thiocarbonyl (C=S) groups is 1. The third-order valence-electron chi connectivity index (χ3n) is 2.55. The third-order valence-corrected chi connectivity index (χ3v) is 3.84. The number of anilines is 2. The molecule has 2 aromatic carbocycles. The number of nitrogens with one attached hydrogen (secondary N) is 2. The van der Waals surface area contributed by atoms with Crippen LogP contribution in [-0.4, -0.2) is 5.11 Å². The lowest BCUT2D eigenvalue weighted by Crippen LogP contribution is -2.20. The Morgan fingerprint density at radius 1 is 1.10 bits per heavy atom. The van der Waals surface area contributed by atoms with Gasteiger partial charge in [0.25, 0.3) is 0 Å². The average molecular weight is 418 g/mol. The Bertz CT molecular complexity index is 621. The van der Waals surface area contributed by atoms with Crippen LogP contribution in [0, 0.1) is 12.7 Å². The summed E-state index contributed by atoms with van der Waals surface area (Å²) in [5.74, 6) is -0.390. The molecule has 0 saturated carbocycles. The van der Waals surface area contributed by atoms with Crippen LogP contribution in [0.2, 0.25) is 0 Å². The normalized spacial score (nSPS) is 10.2. The Hall–Kier alpha value is -0.980. The van der Waals surface area contributed by atoms with E-state index in [1.807, 2.05) is 31.2 Å². The van der Waals surface area contributed by atoms with E-state index in [0.717, 1.165) is 11.3 Å². The Labute approximate surface area is 139 Å². The van der Waals surface area contributed by atoms with Gasteiger partial charge in [-0.2, -0.15) is 0 Å². The molecule has 0 saturated heterocycles. The van der Waals surface area contributed by atoms with Gasteiger partial charge in [-0.05, 0) is 59.3 Å². The highest BCUT2D eigenvalue weighted by atomic mass is 79.9. The predicted octanol–water partition coefficient (Wildman–Crippen LogP) is 5.47. The molecule has 0 aromatic heterocycles. The monoisotopic (exact) mass is 416 g/mol. The topological polar surface area (TPSA) is 24.1 Å². The van der Waals surface area contributed by atoms with Gasteiger partial charge in [-0.15, -0.1) is 0 Å². The van der Waals surface area contributed by atoms with Crippen molar-refractivity contribution in [2.45, 2.75) is 6.92 Å². The van der Waals surface area contributed by atoms with Crippen LogP contribution in [0.5, 0.6) is 0 Å². The average Bonchev–Trinajstić information content (AvgIpc) is 2.36. The molecule has 0 radical (unpaired) electrons. The summed E-state index contributed by atoms with van der Waals surface area (Å²) >= 11 is 11.7. The fraction of sp³-hybridized carbons (Fsp3) is 0.0714. The molecule has 20 heavy (non-hydrogen) atoms. The molecule has 0 amide bonds. The first-order valence-corrected chi connectivity index (χ1v) is 7.74. The molecule has 0 spiro atoms. The van der Waals surface area contributed by atoms with E-state index >= 15 is 0 Å². The lowest BCUT2D eigenvalue weighted by Gasteiger charge is -2.13. The minimum absolute atomic E-state index is 0.304. The minimum Gasteiger partial charge on any atom is -0.332 e. The second-order valence-electron chi connectivity index (χ2n) is 4.19. The molecule has 2 rings (SSSR count). The maximum Gasteiger partial charge on any atom is 0.175 e. The Morgan fingerprint density at radius 3 is 2.35 bits per heavy atom. The van der Waals surface area contributed by atoms with Crippen LogP contribution in [-0.2, 0) is 0 Å². The summed E-state index contributed by atoms with van der Waals surface area (Å²) < 4.78 is 15.1. The van der Waals surface area contributed by atoms with E-state index in [1.165, 1.54) is 6.07 Å². The van der Waals surface area contributed by atoms with Gasteiger partial charge in [0.2, 0.25) is 0 Å². The van der Waals surface area contributed by atoms with Crippen molar-refractivity contribution in [3.63, 3.8) is 0 Å². The summed E-state index contributed by atoms with van der Waals surface area (Å²) in [6, 6.07) is 10.9. The first kappa shape index (κ1) is 15.4. The standard InChI is InChI=1S/C14H11Br2FN2S/c1-8-2-4-10(5-3-8)18-14(20)19-13-11(16)6-9(15)7-12(13)17/h2-7H,1H3,(H2,18,19,20). The molecule has 0 aliphatic heterocycles. The largest absolute Gasteiger partial charge is 0.332 e. The van der Waals surface area contributed by atoms with Gasteiger partial charge in [0.1, 0.15) is 5.82 Å². The molecule has 0 bridgehead atoms. The number of hydrogen-bond acceptors (Lipinski definition) is 1. The van der Waals surface area contributed by atoms with Crippen LogP contribution in [0.15, 0.2) is 45.3 Å². The molecule has 0 unspecified atom stereocenters. The van der Waals surface area contributed by atoms with Crippen molar-refractivity contribution in [1.29, 1.82) is 0 Å². The minimum atomic E-state index is -0.390. The van der Waals surface area contributed by atoms with Gasteiger partial charge < -0.3 is 10.6 Å². The molecule has 0 atom stereocenters. The van der Waals surface area contributed by atoms with Crippen LogP contribution >= 0.6 is 44.1 Å². The summed E-state index contributed by atoms with van der Waals surface area (Å²) in [7, 11) is 0. The van der Waals surface area contributed by atoms with Crippen LogP contribution in [0.4, 0.5) is 15.8 Å². The molecule has 0 aliphatic rings. The van der Waals surface area contributed by atoms with Gasteiger partial charge in [-0.3, -0.25) is 0 Å². The van der Waals surface area contributed by atoms with E-state index in [2.05, 4.69) is 42.5 Å². The number of hydrogen-bond donors (Lipinski definition) is 2. The molecular formula is C14H11Br2FN2S. The smallest absolute Gasteiger partial charge is 0.175 e. The van der Waals surface area contributed by atoms with Crippen molar-refractivity contribution in [2.24, 2.45) is 0 Å². The van der Waals surface area contributed by atoms with E-state index in [0.29, 0.717) is 19.7 Å². The van der Waals surface area contributed by atoms with Crippen molar-refractivity contribution in [3.8, 4) is 0 Å². The molecule has 104 valence electrons. The highest BCUT2D eigenvalue weighted by Crippen LogP contribution is 2.29. The molecule has 2 aromatic rings. The van der Waals surface area contributed by atoms with Crippen LogP contribution in [0.1, 0.15) is 5.56 Å². The fourth-order valence-corrected chi connectivity index (χ4v) is 3.07. The zero-order valence-corrected chi connectivity index (χ0v) is 14.5. The molecule has 0 heterocycles. The second-order valence-corrected chi connectivity index (χ2v) is 6.37. The van der Waals surface area contributed by atoms with Crippen LogP contribution in [0.3, 0.4) is 0 Å². The Kier molecular flexibility index (Phi) is 5.12. The number of halogens is 3. The van der Waals surface area contributed by atoms with Crippen molar-refractivity contribution in [2.75, 3.05) is 10.6 Å². The molecule has 2 nitrogen and oxygen atoms in total. The van der Waals surface area contributed by atoms with E-state index in [1.54, 1.807) is 6.07 Å². The molecule has 0 aliphatic carbocycles. The van der Waals surface area contributed by atoms with Gasteiger partial charge in [0.15, 0.2) is 5.11 Å². The highest BCUT2D eigenvalue weighted by molar-refractivity contribution is 9.11. The Balaban J connectivity index is 2.10. The first-order valence-electron chi connectivity index (χ1n) is 5.75. The third kappa shape index (κ3) is 4.01. The second kappa shape index (κ2) is 6.65. The maximum absolute atomic E-state index is 13.9. The summed E-state index contributed by atoms with van der Waals surface area (Å²) in [4.78, 5) is 0. The zero-order chi connectivity index (χ0) is 14.7. The van der Waals surface area contributed by atoms with Crippen LogP contribution in [0.25, 0.3) is 0 Å². The summed E-state index contributed by atoms with van der Waals surface area (Å²) in [5, 5.41) is 6.18. The number of rotatable bonds is 2. The summed E-state index contributed by atoms with van der Waals surface area (Å²) in [5.41, 5.74) is 2.32. The lowest BCUT2D eigenvalue weighted by molar-refractivity contribution is 0.630. The van der Waals surface area contributed by atoms with E-state index in [4.69, 9.17) is 12.2 Å². The molecule has 6 heteroatoms. The molecule has 2 N–H and O–H groups in total. The van der Waals surface area contributed by atoms with Gasteiger partial charge in [-0.25, -0.2) is 4.39 Å². The predicted molar refractivity (Wildman–Crippen MR) is 92.8 cm³/mol. The molecular weight excluding hydrogens is 407 g/mol. The fourth-order valence-electron chi connectivity index (χ4n) is 1.57. The Morgan fingerprint density at radius 2 is 1.75 bits per heavy atom. The first-order chi connectivity index (χ1) is 9.45. The van der Waals surface area contributed by atoms with Gasteiger partial charge in [0, 0.05) is 14.6 Å². The van der Waals surface area contributed by atoms with Crippen LogP contribution < -0.4 is 10.6 Å². The van der Waals surface area contributed by atoms with Crippen molar-refractivity contribution in [3.05, 3.63) is 56.7 Å². The number of benzene rings is 2. The SMILES string of the molecule is Cc1ccc(NC(=S)Nc2c(F)cc(Br)cc2Br)cc1. The summed E-state index contributed by atoms with van der Waals surface area (Å²) in [6.07, 6.45) is 0. The highest BCUT2D eigenvalue weighted by Gasteiger charge is 2.10. The van der Waals surface area contributed by atoms with Gasteiger partial charge in [0.05, 0.1) is 5.69 Å². The van der Waals surface area contributed by atoms with Crippen molar-refractivity contribution >= 4 is 60.6 Å². The van der Waals surface area contributed by atoms with Gasteiger partial charge in [-0.1, -0.05) is 33.6 Å². The lowest BCUT2D eigenvalue weighted by atomic mass is 10.2. The van der Waals surface area contributed by atoms with Gasteiger partial charge >= 0.3 is 0 Å². The van der Waals surface area contributed by atoms with E-state index in [-0.39, 0.29) is 5.82 Å². The van der Waals surface area contributed by atoms with Crippen molar-refractivity contribution < 1.29 is 4.39 Å². The van der Waals surface area contributed by atoms with E-state index < -0.39 is 0 Å². The maximum atomic E-state index is 13.9. The molecule has 0 fully saturated rings. The van der Waals surface area contributed by atoms with Crippen molar-refractivity contribution in [1.82, 2.24) is 0 Å². The number of aryl methyl sites for hydroxylation is 1. The summed E-state index contributed by atoms with van der Waals surface area (Å²) in [6.45, 7) is 2.01.